The molecule has 21 heavy (non-hydrogen) atoms. The van der Waals surface area contributed by atoms with Gasteiger partial charge in [-0.1, -0.05) is 29.8 Å². The molecule has 0 aromatic heterocycles. The normalized spacial score (nSPS) is 11.8. The average Bonchev–Trinajstić information content (AvgIpc) is 2.43. The van der Waals surface area contributed by atoms with E-state index in [1.807, 2.05) is 0 Å². The predicted octanol–water partition coefficient (Wildman–Crippen LogP) is 4.65. The SMILES string of the molecule is O=S(=O)(/C=C/c1ccc(Cl)cc1)Nc1c(F)cccc1Br. The van der Waals surface area contributed by atoms with E-state index in [-0.39, 0.29) is 5.69 Å². The number of rotatable bonds is 4. The fourth-order valence-electron chi connectivity index (χ4n) is 1.51. The zero-order valence-electron chi connectivity index (χ0n) is 10.6. The number of hydrogen-bond donors (Lipinski definition) is 1. The Morgan fingerprint density at radius 1 is 1.14 bits per heavy atom. The molecule has 0 aliphatic heterocycles. The molecule has 0 atom stereocenters. The van der Waals surface area contributed by atoms with Crippen LogP contribution in [-0.2, 0) is 10.0 Å². The van der Waals surface area contributed by atoms with Crippen molar-refractivity contribution in [3.05, 3.63) is 68.7 Å². The lowest BCUT2D eigenvalue weighted by Gasteiger charge is -2.07. The van der Waals surface area contributed by atoms with Crippen LogP contribution in [0.5, 0.6) is 0 Å². The number of nitrogens with one attached hydrogen (secondary N) is 1. The first-order valence-electron chi connectivity index (χ1n) is 5.78. The van der Waals surface area contributed by atoms with Gasteiger partial charge >= 0.3 is 0 Å². The topological polar surface area (TPSA) is 46.2 Å². The van der Waals surface area contributed by atoms with Crippen LogP contribution >= 0.6 is 27.5 Å². The van der Waals surface area contributed by atoms with Crippen LogP contribution in [0.1, 0.15) is 5.56 Å². The molecular formula is C14H10BrClFNO2S. The monoisotopic (exact) mass is 389 g/mol. The molecule has 2 aromatic rings. The average molecular weight is 391 g/mol. The molecule has 0 saturated heterocycles. The summed E-state index contributed by atoms with van der Waals surface area (Å²) in [7, 11) is -3.82. The van der Waals surface area contributed by atoms with Gasteiger partial charge in [0.15, 0.2) is 0 Å². The summed E-state index contributed by atoms with van der Waals surface area (Å²) in [6, 6.07) is 10.8. The Morgan fingerprint density at radius 3 is 2.43 bits per heavy atom. The molecule has 3 nitrogen and oxygen atoms in total. The van der Waals surface area contributed by atoms with Crippen molar-refractivity contribution >= 4 is 49.3 Å². The summed E-state index contributed by atoms with van der Waals surface area (Å²) in [6.07, 6.45) is 1.40. The van der Waals surface area contributed by atoms with Gasteiger partial charge in [-0.3, -0.25) is 4.72 Å². The number of anilines is 1. The summed E-state index contributed by atoms with van der Waals surface area (Å²) in [4.78, 5) is 0. The molecule has 0 unspecified atom stereocenters. The number of halogens is 3. The lowest BCUT2D eigenvalue weighted by Crippen LogP contribution is -2.10. The first kappa shape index (κ1) is 16.0. The third-order valence-corrected chi connectivity index (χ3v) is 4.41. The molecule has 0 radical (unpaired) electrons. The summed E-state index contributed by atoms with van der Waals surface area (Å²) >= 11 is 8.84. The van der Waals surface area contributed by atoms with E-state index in [0.717, 1.165) is 5.41 Å². The molecule has 7 heteroatoms. The maximum absolute atomic E-state index is 13.6. The summed E-state index contributed by atoms with van der Waals surface area (Å²) in [5, 5.41) is 1.53. The van der Waals surface area contributed by atoms with Gasteiger partial charge in [0.1, 0.15) is 5.82 Å². The van der Waals surface area contributed by atoms with E-state index in [1.54, 1.807) is 30.3 Å². The van der Waals surface area contributed by atoms with E-state index >= 15 is 0 Å². The Bertz CT molecular complexity index is 756. The summed E-state index contributed by atoms with van der Waals surface area (Å²) in [6.45, 7) is 0. The Hall–Kier alpha value is -1.37. The smallest absolute Gasteiger partial charge is 0.255 e. The van der Waals surface area contributed by atoms with Crippen molar-refractivity contribution in [2.45, 2.75) is 0 Å². The highest BCUT2D eigenvalue weighted by Crippen LogP contribution is 2.26. The minimum atomic E-state index is -3.82. The van der Waals surface area contributed by atoms with Crippen LogP contribution in [-0.4, -0.2) is 8.42 Å². The third-order valence-electron chi connectivity index (χ3n) is 2.52. The first-order chi connectivity index (χ1) is 9.87. The summed E-state index contributed by atoms with van der Waals surface area (Å²) in [5.74, 6) is -0.659. The fraction of sp³-hybridized carbons (Fsp3) is 0. The van der Waals surface area contributed by atoms with Gasteiger partial charge in [0.2, 0.25) is 0 Å². The van der Waals surface area contributed by atoms with Crippen LogP contribution in [0.15, 0.2) is 52.3 Å². The predicted molar refractivity (Wildman–Crippen MR) is 87.1 cm³/mol. The standard InChI is InChI=1S/C14H10BrClFNO2S/c15-12-2-1-3-13(17)14(12)18-21(19,20)9-8-10-4-6-11(16)7-5-10/h1-9,18H/b9-8+. The molecule has 0 aliphatic rings. The lowest BCUT2D eigenvalue weighted by molar-refractivity contribution is 0.606. The lowest BCUT2D eigenvalue weighted by atomic mass is 10.2. The van der Waals surface area contributed by atoms with E-state index in [2.05, 4.69) is 20.7 Å². The van der Waals surface area contributed by atoms with Crippen LogP contribution in [0.2, 0.25) is 5.02 Å². The summed E-state index contributed by atoms with van der Waals surface area (Å²) in [5.41, 5.74) is 0.538. The molecule has 0 heterocycles. The van der Waals surface area contributed by atoms with Crippen molar-refractivity contribution in [3.8, 4) is 0 Å². The van der Waals surface area contributed by atoms with E-state index in [9.17, 15) is 12.8 Å². The first-order valence-corrected chi connectivity index (χ1v) is 8.49. The highest BCUT2D eigenvalue weighted by molar-refractivity contribution is 9.10. The third kappa shape index (κ3) is 4.56. The number of hydrogen-bond acceptors (Lipinski definition) is 2. The van der Waals surface area contributed by atoms with Gasteiger partial charge in [-0.15, -0.1) is 0 Å². The van der Waals surface area contributed by atoms with Crippen LogP contribution in [0.4, 0.5) is 10.1 Å². The highest BCUT2D eigenvalue weighted by atomic mass is 79.9. The van der Waals surface area contributed by atoms with Crippen molar-refractivity contribution in [1.82, 2.24) is 0 Å². The second-order valence-electron chi connectivity index (χ2n) is 4.10. The van der Waals surface area contributed by atoms with Crippen molar-refractivity contribution in [3.63, 3.8) is 0 Å². The van der Waals surface area contributed by atoms with Gasteiger partial charge in [0.25, 0.3) is 10.0 Å². The van der Waals surface area contributed by atoms with Crippen LogP contribution in [0.25, 0.3) is 6.08 Å². The van der Waals surface area contributed by atoms with Crippen molar-refractivity contribution < 1.29 is 12.8 Å². The van der Waals surface area contributed by atoms with Crippen LogP contribution in [0.3, 0.4) is 0 Å². The van der Waals surface area contributed by atoms with Crippen molar-refractivity contribution in [2.24, 2.45) is 0 Å². The van der Waals surface area contributed by atoms with Gasteiger partial charge in [0, 0.05) is 9.50 Å². The van der Waals surface area contributed by atoms with Crippen LogP contribution < -0.4 is 4.72 Å². The van der Waals surface area contributed by atoms with Gasteiger partial charge < -0.3 is 0 Å². The molecule has 1 N–H and O–H groups in total. The van der Waals surface area contributed by atoms with Gasteiger partial charge in [-0.25, -0.2) is 12.8 Å². The largest absolute Gasteiger partial charge is 0.276 e. The Morgan fingerprint density at radius 2 is 1.81 bits per heavy atom. The zero-order chi connectivity index (χ0) is 15.5. The number of para-hydroxylation sites is 1. The Kier molecular flexibility index (Phi) is 5.03. The summed E-state index contributed by atoms with van der Waals surface area (Å²) < 4.78 is 40.0. The second-order valence-corrected chi connectivity index (χ2v) is 6.96. The van der Waals surface area contributed by atoms with Gasteiger partial charge in [-0.2, -0.15) is 0 Å². The van der Waals surface area contributed by atoms with Gasteiger partial charge in [0.05, 0.1) is 11.1 Å². The minimum Gasteiger partial charge on any atom is -0.276 e. The maximum atomic E-state index is 13.6. The number of sulfonamides is 1. The van der Waals surface area contributed by atoms with E-state index in [1.165, 1.54) is 18.2 Å². The molecule has 0 bridgehead atoms. The Balaban J connectivity index is 2.21. The Labute approximate surface area is 135 Å². The highest BCUT2D eigenvalue weighted by Gasteiger charge is 2.12. The molecule has 0 amide bonds. The molecular weight excluding hydrogens is 381 g/mol. The zero-order valence-corrected chi connectivity index (χ0v) is 13.7. The molecule has 0 aliphatic carbocycles. The van der Waals surface area contributed by atoms with E-state index < -0.39 is 15.8 Å². The minimum absolute atomic E-state index is 0.127. The molecule has 2 rings (SSSR count). The van der Waals surface area contributed by atoms with E-state index in [0.29, 0.717) is 15.1 Å². The quantitative estimate of drug-likeness (QED) is 0.825. The molecule has 110 valence electrons. The number of benzene rings is 2. The molecule has 2 aromatic carbocycles. The molecule has 0 fully saturated rings. The van der Waals surface area contributed by atoms with Crippen molar-refractivity contribution in [2.75, 3.05) is 4.72 Å². The second kappa shape index (κ2) is 6.60. The molecule has 0 saturated carbocycles. The maximum Gasteiger partial charge on any atom is 0.255 e. The van der Waals surface area contributed by atoms with Crippen LogP contribution in [0, 0.1) is 5.82 Å². The van der Waals surface area contributed by atoms with E-state index in [4.69, 9.17) is 11.6 Å². The van der Waals surface area contributed by atoms with Crippen molar-refractivity contribution in [1.29, 1.82) is 0 Å². The van der Waals surface area contributed by atoms with Gasteiger partial charge in [-0.05, 0) is 51.8 Å². The molecule has 0 spiro atoms. The fourth-order valence-corrected chi connectivity index (χ4v) is 3.11.